The molecule has 2 amide bonds. The highest BCUT2D eigenvalue weighted by atomic mass is 32.1. The van der Waals surface area contributed by atoms with Crippen molar-refractivity contribution in [3.8, 4) is 16.3 Å². The highest BCUT2D eigenvalue weighted by Gasteiger charge is 2.15. The van der Waals surface area contributed by atoms with Crippen LogP contribution >= 0.6 is 11.3 Å². The predicted molar refractivity (Wildman–Crippen MR) is 166 cm³/mol. The Balaban J connectivity index is 1.12. The van der Waals surface area contributed by atoms with Crippen LogP contribution in [0.5, 0.6) is 5.75 Å². The van der Waals surface area contributed by atoms with E-state index in [-0.39, 0.29) is 11.8 Å². The van der Waals surface area contributed by atoms with Crippen LogP contribution in [0.2, 0.25) is 0 Å². The van der Waals surface area contributed by atoms with Crippen LogP contribution in [0.3, 0.4) is 0 Å². The largest absolute Gasteiger partial charge is 0.497 e. The number of piperazine rings is 1. The van der Waals surface area contributed by atoms with Gasteiger partial charge >= 0.3 is 0 Å². The quantitative estimate of drug-likeness (QED) is 0.237. The van der Waals surface area contributed by atoms with Crippen LogP contribution in [-0.2, 0) is 11.3 Å². The van der Waals surface area contributed by atoms with E-state index in [0.717, 1.165) is 60.3 Å². The summed E-state index contributed by atoms with van der Waals surface area (Å²) in [7, 11) is 3.74. The van der Waals surface area contributed by atoms with Gasteiger partial charge in [-0.1, -0.05) is 12.1 Å². The third-order valence-corrected chi connectivity index (χ3v) is 8.11. The van der Waals surface area contributed by atoms with Crippen molar-refractivity contribution in [3.05, 3.63) is 83.4 Å². The van der Waals surface area contributed by atoms with Crippen molar-refractivity contribution in [2.75, 3.05) is 57.5 Å². The van der Waals surface area contributed by atoms with Crippen molar-refractivity contribution >= 4 is 40.5 Å². The van der Waals surface area contributed by atoms with Crippen LogP contribution in [0.15, 0.2) is 72.9 Å². The standard InChI is InChI=1S/C31H35N7O3S/c1-37-16-18-38(19-17-37)15-13-29(39)34-23-6-8-24(9-7-23)35-31-32-14-12-26(36-31)27-10-11-28(42-27)30(40)33-21-22-4-3-5-25(20-22)41-2/h3-12,14,20H,13,15-19,21H2,1-2H3,(H,33,40)(H,34,39)(H,32,35,36). The molecule has 218 valence electrons. The lowest BCUT2D eigenvalue weighted by atomic mass is 10.2. The minimum absolute atomic E-state index is 0.00923. The second-order valence-electron chi connectivity index (χ2n) is 10.1. The zero-order valence-corrected chi connectivity index (χ0v) is 24.6. The van der Waals surface area contributed by atoms with Crippen LogP contribution in [0.1, 0.15) is 21.7 Å². The van der Waals surface area contributed by atoms with Gasteiger partial charge in [-0.15, -0.1) is 11.3 Å². The van der Waals surface area contributed by atoms with Crippen LogP contribution in [0, 0.1) is 0 Å². The van der Waals surface area contributed by atoms with Crippen molar-refractivity contribution in [2.24, 2.45) is 0 Å². The molecule has 10 nitrogen and oxygen atoms in total. The number of hydrogen-bond acceptors (Lipinski definition) is 9. The van der Waals surface area contributed by atoms with E-state index in [1.54, 1.807) is 19.4 Å². The smallest absolute Gasteiger partial charge is 0.261 e. The number of carbonyl (C=O) groups excluding carboxylic acids is 2. The number of nitrogens with one attached hydrogen (secondary N) is 3. The Morgan fingerprint density at radius 2 is 1.76 bits per heavy atom. The summed E-state index contributed by atoms with van der Waals surface area (Å²) in [6.45, 7) is 5.26. The maximum absolute atomic E-state index is 12.7. The van der Waals surface area contributed by atoms with Gasteiger partial charge in [0.2, 0.25) is 11.9 Å². The first-order valence-electron chi connectivity index (χ1n) is 13.9. The monoisotopic (exact) mass is 585 g/mol. The molecule has 5 rings (SSSR count). The lowest BCUT2D eigenvalue weighted by Gasteiger charge is -2.32. The van der Waals surface area contributed by atoms with E-state index in [1.165, 1.54) is 11.3 Å². The van der Waals surface area contributed by atoms with E-state index < -0.39 is 0 Å². The average Bonchev–Trinajstić information content (AvgIpc) is 3.52. The van der Waals surface area contributed by atoms with Gasteiger partial charge in [0.05, 0.1) is 22.6 Å². The summed E-state index contributed by atoms with van der Waals surface area (Å²) in [6, 6.07) is 20.6. The summed E-state index contributed by atoms with van der Waals surface area (Å²) in [5, 5.41) is 9.14. The van der Waals surface area contributed by atoms with E-state index in [1.807, 2.05) is 60.7 Å². The number of amides is 2. The van der Waals surface area contributed by atoms with Crippen molar-refractivity contribution < 1.29 is 14.3 Å². The lowest BCUT2D eigenvalue weighted by molar-refractivity contribution is -0.116. The summed E-state index contributed by atoms with van der Waals surface area (Å²) >= 11 is 1.37. The van der Waals surface area contributed by atoms with Gasteiger partial charge in [0.1, 0.15) is 5.75 Å². The molecule has 1 aliphatic heterocycles. The van der Waals surface area contributed by atoms with Gasteiger partial charge in [-0.2, -0.15) is 0 Å². The van der Waals surface area contributed by atoms with Gasteiger partial charge in [0.15, 0.2) is 0 Å². The molecule has 3 heterocycles. The predicted octanol–water partition coefficient (Wildman–Crippen LogP) is 4.46. The summed E-state index contributed by atoms with van der Waals surface area (Å²) in [5.41, 5.74) is 3.22. The van der Waals surface area contributed by atoms with Crippen LogP contribution in [0.25, 0.3) is 10.6 Å². The maximum atomic E-state index is 12.7. The molecule has 2 aromatic carbocycles. The molecule has 1 fully saturated rings. The zero-order chi connectivity index (χ0) is 29.3. The normalized spacial score (nSPS) is 13.9. The summed E-state index contributed by atoms with van der Waals surface area (Å²) in [4.78, 5) is 40.2. The number of carbonyl (C=O) groups is 2. The number of rotatable bonds is 11. The number of methoxy groups -OCH3 is 1. The summed E-state index contributed by atoms with van der Waals surface area (Å²) in [6.07, 6.45) is 2.15. The van der Waals surface area contributed by atoms with E-state index in [9.17, 15) is 9.59 Å². The molecule has 0 radical (unpaired) electrons. The first-order valence-corrected chi connectivity index (χ1v) is 14.7. The van der Waals surface area contributed by atoms with Crippen molar-refractivity contribution in [2.45, 2.75) is 13.0 Å². The number of thiophene rings is 1. The van der Waals surface area contributed by atoms with Gasteiger partial charge in [-0.05, 0) is 67.2 Å². The number of nitrogens with zero attached hydrogens (tertiary/aromatic N) is 4. The first-order chi connectivity index (χ1) is 20.4. The van der Waals surface area contributed by atoms with E-state index in [0.29, 0.717) is 29.5 Å². The molecule has 2 aromatic heterocycles. The highest BCUT2D eigenvalue weighted by Crippen LogP contribution is 2.28. The molecule has 3 N–H and O–H groups in total. The number of anilines is 3. The Morgan fingerprint density at radius 1 is 0.976 bits per heavy atom. The van der Waals surface area contributed by atoms with Crippen LogP contribution < -0.4 is 20.7 Å². The molecule has 0 unspecified atom stereocenters. The topological polar surface area (TPSA) is 112 Å². The Morgan fingerprint density at radius 3 is 2.55 bits per heavy atom. The number of aromatic nitrogens is 2. The second kappa shape index (κ2) is 14.0. The number of likely N-dealkylation sites (N-methyl/N-ethyl adjacent to an activating group) is 1. The third-order valence-electron chi connectivity index (χ3n) is 7.00. The zero-order valence-electron chi connectivity index (χ0n) is 23.8. The van der Waals surface area contributed by atoms with Crippen LogP contribution in [0.4, 0.5) is 17.3 Å². The summed E-state index contributed by atoms with van der Waals surface area (Å²) in [5.74, 6) is 1.06. The molecular formula is C31H35N7O3S. The maximum Gasteiger partial charge on any atom is 0.261 e. The fourth-order valence-corrected chi connectivity index (χ4v) is 5.42. The Bertz CT molecular complexity index is 1500. The van der Waals surface area contributed by atoms with Gasteiger partial charge in [-0.3, -0.25) is 9.59 Å². The second-order valence-corrected chi connectivity index (χ2v) is 11.2. The number of benzene rings is 2. The number of hydrogen-bond donors (Lipinski definition) is 3. The molecule has 1 aliphatic rings. The Hall–Kier alpha value is -4.32. The average molecular weight is 586 g/mol. The van der Waals surface area contributed by atoms with Gasteiger partial charge in [0, 0.05) is 63.3 Å². The van der Waals surface area contributed by atoms with E-state index in [4.69, 9.17) is 4.74 Å². The fraction of sp³-hybridized carbons (Fsp3) is 0.290. The van der Waals surface area contributed by atoms with Gasteiger partial charge in [-0.25, -0.2) is 9.97 Å². The summed E-state index contributed by atoms with van der Waals surface area (Å²) < 4.78 is 5.25. The van der Waals surface area contributed by atoms with Crippen molar-refractivity contribution in [1.82, 2.24) is 25.1 Å². The Labute approximate surface area is 249 Å². The first kappa shape index (κ1) is 29.2. The minimum Gasteiger partial charge on any atom is -0.497 e. The molecule has 0 aliphatic carbocycles. The van der Waals surface area contributed by atoms with Gasteiger partial charge in [0.25, 0.3) is 5.91 Å². The molecule has 0 saturated carbocycles. The van der Waals surface area contributed by atoms with E-state index in [2.05, 4.69) is 42.8 Å². The SMILES string of the molecule is COc1cccc(CNC(=O)c2ccc(-c3ccnc(Nc4ccc(NC(=O)CCN5CCN(C)CC5)cc4)n3)s2)c1. The molecule has 42 heavy (non-hydrogen) atoms. The molecule has 4 aromatic rings. The van der Waals surface area contributed by atoms with Crippen LogP contribution in [-0.4, -0.2) is 78.5 Å². The molecule has 0 atom stereocenters. The minimum atomic E-state index is -0.145. The third kappa shape index (κ3) is 8.12. The van der Waals surface area contributed by atoms with Gasteiger partial charge < -0.3 is 30.5 Å². The molecule has 0 bridgehead atoms. The Kier molecular flexibility index (Phi) is 9.75. The molecule has 0 spiro atoms. The van der Waals surface area contributed by atoms with E-state index >= 15 is 0 Å². The fourth-order valence-electron chi connectivity index (χ4n) is 4.53. The lowest BCUT2D eigenvalue weighted by Crippen LogP contribution is -2.45. The highest BCUT2D eigenvalue weighted by molar-refractivity contribution is 7.17. The van der Waals surface area contributed by atoms with Crippen molar-refractivity contribution in [1.29, 1.82) is 0 Å². The molecule has 1 saturated heterocycles. The number of ether oxygens (including phenoxy) is 1. The van der Waals surface area contributed by atoms with Crippen molar-refractivity contribution in [3.63, 3.8) is 0 Å². The molecule has 11 heteroatoms. The molecular weight excluding hydrogens is 550 g/mol.